The maximum absolute atomic E-state index is 9.15. The Hall–Kier alpha value is 0.870. The van der Waals surface area contributed by atoms with Crippen molar-refractivity contribution in [3.63, 3.8) is 0 Å². The Morgan fingerprint density at radius 3 is 1.50 bits per heavy atom. The van der Waals surface area contributed by atoms with Crippen LogP contribution in [0.25, 0.3) is 0 Å². The first-order chi connectivity index (χ1) is 2.56. The Morgan fingerprint density at radius 1 is 1.33 bits per heavy atom. The van der Waals surface area contributed by atoms with Gasteiger partial charge in [-0.3, -0.25) is 0 Å². The fraction of sp³-hybridized carbons (Fsp3) is 0. The molecule has 0 saturated carbocycles. The summed E-state index contributed by atoms with van der Waals surface area (Å²) in [5.41, 5.74) is 0. The van der Waals surface area contributed by atoms with Gasteiger partial charge in [-0.25, -0.2) is 0 Å². The molecule has 4 nitrogen and oxygen atoms in total. The zero-order valence-corrected chi connectivity index (χ0v) is 4.55. The van der Waals surface area contributed by atoms with Crippen LogP contribution >= 0.6 is 0 Å². The van der Waals surface area contributed by atoms with Gasteiger partial charge >= 0.3 is 48.5 Å². The van der Waals surface area contributed by atoms with Crippen molar-refractivity contribution in [2.75, 3.05) is 0 Å². The summed E-state index contributed by atoms with van der Waals surface area (Å²) in [4.78, 5) is 0. The Bertz CT molecular complexity index is 37.3. The summed E-state index contributed by atoms with van der Waals surface area (Å²) >= 11 is 1.97. The average molecular weight is 207 g/mol. The third-order valence-electron chi connectivity index (χ3n) is 0.0570. The van der Waals surface area contributed by atoms with Crippen molar-refractivity contribution in [1.82, 2.24) is 0 Å². The summed E-state index contributed by atoms with van der Waals surface area (Å²) in [7, 11) is -4.26. The first-order valence-corrected chi connectivity index (χ1v) is 2.58. The zero-order chi connectivity index (χ0) is 5.21. The average Bonchev–Trinajstić information content (AvgIpc) is 1.35. The fourth-order valence-electron chi connectivity index (χ4n) is 0. The van der Waals surface area contributed by atoms with Gasteiger partial charge in [0.2, 0.25) is 0 Å². The van der Waals surface area contributed by atoms with E-state index in [2.05, 4.69) is 2.80 Å². The number of halogens is 1. The van der Waals surface area contributed by atoms with Crippen LogP contribution < -0.4 is 14.0 Å². The quantitative estimate of drug-likeness (QED) is 0.416. The number of hydrogen-bond acceptors (Lipinski definition) is 4. The molecule has 0 spiro atoms. The van der Waals surface area contributed by atoms with Crippen molar-refractivity contribution >= 4 is 0 Å². The Kier molecular flexibility index (Phi) is 2.57. The second kappa shape index (κ2) is 2.25. The molecule has 0 aromatic rings. The third kappa shape index (κ3) is 4.87. The van der Waals surface area contributed by atoms with E-state index in [1.165, 1.54) is 0 Å². The van der Waals surface area contributed by atoms with Gasteiger partial charge in [-0.05, 0) is 0 Å². The molecule has 0 atom stereocenters. The predicted molar refractivity (Wildman–Crippen MR) is 1.08 cm³/mol. The molecule has 0 amide bonds. The molecule has 0 aliphatic rings. The third-order valence-corrected chi connectivity index (χ3v) is 1.01. The summed E-state index contributed by atoms with van der Waals surface area (Å²) in [6.07, 6.45) is 0. The van der Waals surface area contributed by atoms with Gasteiger partial charge in [-0.2, -0.15) is 0 Å². The number of rotatable bonds is 1. The van der Waals surface area contributed by atoms with E-state index in [-0.39, 0.29) is 0 Å². The van der Waals surface area contributed by atoms with Crippen molar-refractivity contribution < 1.29 is 48.5 Å². The van der Waals surface area contributed by atoms with E-state index < -0.39 is 10.2 Å². The van der Waals surface area contributed by atoms with Crippen LogP contribution in [0.4, 0.5) is 0 Å². The van der Waals surface area contributed by atoms with E-state index in [0.717, 1.165) is 0 Å². The molecule has 0 unspecified atom stereocenters. The topological polar surface area (TPSA) is 78.4 Å². The molecule has 0 aromatic carbocycles. The molecule has 0 aliphatic heterocycles. The molecule has 42 valence electrons. The molecule has 0 aromatic heterocycles. The molecular weight excluding hydrogens is 207 g/mol. The monoisotopic (exact) mass is 206 g/mol. The summed E-state index contributed by atoms with van der Waals surface area (Å²) in [6.45, 7) is 0. The molecule has 0 rings (SSSR count). The van der Waals surface area contributed by atoms with E-state index in [1.807, 2.05) is 21.5 Å². The van der Waals surface area contributed by atoms with Gasteiger partial charge in [0.15, 0.2) is 0 Å². The van der Waals surface area contributed by atoms with Crippen LogP contribution in [0.15, 0.2) is 0 Å². The van der Waals surface area contributed by atoms with E-state index in [1.54, 1.807) is 0 Å². The summed E-state index contributed by atoms with van der Waals surface area (Å²) in [6, 6.07) is 0. The van der Waals surface area contributed by atoms with Gasteiger partial charge in [0.05, 0.1) is 0 Å². The fourth-order valence-corrected chi connectivity index (χ4v) is 0. The van der Waals surface area contributed by atoms with Crippen LogP contribution in [0.2, 0.25) is 0 Å². The van der Waals surface area contributed by atoms with E-state index in [0.29, 0.717) is 0 Å². The van der Waals surface area contributed by atoms with Crippen molar-refractivity contribution in [2.24, 2.45) is 0 Å². The molecular formula is AgClO4. The molecule has 0 radical (unpaired) electrons. The van der Waals surface area contributed by atoms with E-state index in [9.17, 15) is 0 Å². The van der Waals surface area contributed by atoms with Gasteiger partial charge in [0.1, 0.15) is 0 Å². The minimum atomic E-state index is -4.26. The second-order valence-electron chi connectivity index (χ2n) is 0.424. The molecule has 0 bridgehead atoms. The van der Waals surface area contributed by atoms with Gasteiger partial charge in [0, 0.05) is 0 Å². The predicted octanol–water partition coefficient (Wildman–Crippen LogP) is -3.64. The standard InChI is InChI=1S/Ag.ClHO4/c;2-1(3,4)5/h;(H,2,3,4,5)/q+1;/p-1. The molecule has 0 heterocycles. The number of hydrogen-bond donors (Lipinski definition) is 0. The van der Waals surface area contributed by atoms with Gasteiger partial charge in [0.25, 0.3) is 0 Å². The Labute approximate surface area is 48.9 Å². The van der Waals surface area contributed by atoms with E-state index >= 15 is 0 Å². The van der Waals surface area contributed by atoms with Crippen LogP contribution in [0.3, 0.4) is 0 Å². The molecule has 0 aliphatic carbocycles. The first-order valence-electron chi connectivity index (χ1n) is 0.740. The first kappa shape index (κ1) is 6.87. The molecule has 6 heteroatoms. The normalized spacial score (nSPS) is 12.2. The van der Waals surface area contributed by atoms with Crippen LogP contribution in [0.5, 0.6) is 0 Å². The maximum atomic E-state index is 9.15. The summed E-state index contributed by atoms with van der Waals surface area (Å²) < 4.78 is 30.6. The van der Waals surface area contributed by atoms with Crippen LogP contribution in [0.1, 0.15) is 0 Å². The van der Waals surface area contributed by atoms with Gasteiger partial charge in [-0.1, -0.05) is 0 Å². The second-order valence-corrected chi connectivity index (χ2v) is 1.96. The molecule has 6 heavy (non-hydrogen) atoms. The minimum absolute atomic E-state index is 1.97. The SMILES string of the molecule is [O-][Cl+3]([O-])([O-])[O][Ag]. The van der Waals surface area contributed by atoms with Gasteiger partial charge in [-0.15, -0.1) is 0 Å². The van der Waals surface area contributed by atoms with Crippen LogP contribution in [-0.4, -0.2) is 0 Å². The zero-order valence-electron chi connectivity index (χ0n) is 2.31. The van der Waals surface area contributed by atoms with Crippen LogP contribution in [0, 0.1) is 10.2 Å². The summed E-state index contributed by atoms with van der Waals surface area (Å²) in [5, 5.41) is 0. The molecule has 0 saturated heterocycles. The van der Waals surface area contributed by atoms with Crippen molar-refractivity contribution in [2.45, 2.75) is 0 Å². The van der Waals surface area contributed by atoms with E-state index in [4.69, 9.17) is 14.0 Å². The molecule has 0 fully saturated rings. The Balaban J connectivity index is 3.17. The Morgan fingerprint density at radius 2 is 1.50 bits per heavy atom. The van der Waals surface area contributed by atoms with Crippen LogP contribution in [-0.2, 0) is 24.3 Å². The van der Waals surface area contributed by atoms with Crippen molar-refractivity contribution in [3.05, 3.63) is 0 Å². The van der Waals surface area contributed by atoms with Crippen molar-refractivity contribution in [3.8, 4) is 0 Å². The summed E-state index contributed by atoms with van der Waals surface area (Å²) in [5.74, 6) is 0. The van der Waals surface area contributed by atoms with Crippen molar-refractivity contribution in [1.29, 1.82) is 0 Å². The van der Waals surface area contributed by atoms with Gasteiger partial charge < -0.3 is 0 Å². The molecule has 0 N–H and O–H groups in total.